The zero-order valence-electron chi connectivity index (χ0n) is 10.8. The number of imidazole rings is 1. The molecule has 2 heterocycles. The van der Waals surface area contributed by atoms with Gasteiger partial charge in [-0.3, -0.25) is 4.98 Å². The maximum atomic E-state index is 6.28. The van der Waals surface area contributed by atoms with Gasteiger partial charge in [-0.15, -0.1) is 11.6 Å². The van der Waals surface area contributed by atoms with Crippen molar-refractivity contribution in [2.24, 2.45) is 5.92 Å². The molecule has 1 aliphatic rings. The van der Waals surface area contributed by atoms with Gasteiger partial charge in [0.2, 0.25) is 0 Å². The van der Waals surface area contributed by atoms with E-state index in [4.69, 9.17) is 23.2 Å². The summed E-state index contributed by atoms with van der Waals surface area (Å²) in [6.07, 6.45) is 10.1. The van der Waals surface area contributed by atoms with Crippen molar-refractivity contribution in [3.8, 4) is 0 Å². The molecule has 0 unspecified atom stereocenters. The molecule has 0 amide bonds. The summed E-state index contributed by atoms with van der Waals surface area (Å²) in [7, 11) is 0. The van der Waals surface area contributed by atoms with Crippen molar-refractivity contribution >= 4 is 34.2 Å². The van der Waals surface area contributed by atoms with Crippen molar-refractivity contribution in [2.45, 2.75) is 44.5 Å². The van der Waals surface area contributed by atoms with Gasteiger partial charge in [0.15, 0.2) is 0 Å². The van der Waals surface area contributed by atoms with Crippen molar-refractivity contribution in [3.63, 3.8) is 0 Å². The number of hydrogen-bond acceptors (Lipinski definition) is 2. The van der Waals surface area contributed by atoms with Gasteiger partial charge in [0.1, 0.15) is 11.3 Å². The Kier molecular flexibility index (Phi) is 3.94. The van der Waals surface area contributed by atoms with Gasteiger partial charge in [-0.25, -0.2) is 4.98 Å². The highest BCUT2D eigenvalue weighted by Gasteiger charge is 2.19. The smallest absolute Gasteiger partial charge is 0.124 e. The molecule has 5 heteroatoms. The monoisotopic (exact) mass is 297 g/mol. The van der Waals surface area contributed by atoms with E-state index in [1.807, 2.05) is 0 Å². The number of nitrogens with zero attached hydrogens (tertiary/aromatic N) is 3. The van der Waals surface area contributed by atoms with Crippen LogP contribution in [-0.2, 0) is 12.4 Å². The van der Waals surface area contributed by atoms with Crippen LogP contribution in [0.2, 0.25) is 5.02 Å². The molecule has 0 aliphatic heterocycles. The quantitative estimate of drug-likeness (QED) is 0.786. The van der Waals surface area contributed by atoms with Gasteiger partial charge in [-0.2, -0.15) is 0 Å². The first-order valence-electron chi connectivity index (χ1n) is 6.84. The maximum absolute atomic E-state index is 6.28. The van der Waals surface area contributed by atoms with Gasteiger partial charge < -0.3 is 4.57 Å². The van der Waals surface area contributed by atoms with Crippen molar-refractivity contribution in [3.05, 3.63) is 23.2 Å². The van der Waals surface area contributed by atoms with Crippen molar-refractivity contribution in [1.82, 2.24) is 14.5 Å². The molecular weight excluding hydrogens is 281 g/mol. The SMILES string of the molecule is ClCc1nc2cncc(Cl)c2n1CC1CCCCC1. The van der Waals surface area contributed by atoms with Crippen LogP contribution in [0.4, 0.5) is 0 Å². The normalized spacial score (nSPS) is 17.2. The third kappa shape index (κ3) is 2.59. The predicted molar refractivity (Wildman–Crippen MR) is 78.7 cm³/mol. The number of halogens is 2. The average molecular weight is 298 g/mol. The Morgan fingerprint density at radius 3 is 2.74 bits per heavy atom. The second kappa shape index (κ2) is 5.68. The highest BCUT2D eigenvalue weighted by molar-refractivity contribution is 6.34. The summed E-state index contributed by atoms with van der Waals surface area (Å²) in [6, 6.07) is 0. The van der Waals surface area contributed by atoms with Gasteiger partial charge in [-0.1, -0.05) is 30.9 Å². The van der Waals surface area contributed by atoms with Gasteiger partial charge in [0.25, 0.3) is 0 Å². The lowest BCUT2D eigenvalue weighted by atomic mass is 9.89. The lowest BCUT2D eigenvalue weighted by Crippen LogP contribution is -2.15. The van der Waals surface area contributed by atoms with E-state index >= 15 is 0 Å². The summed E-state index contributed by atoms with van der Waals surface area (Å²) in [5, 5.41) is 0.664. The molecule has 2 aromatic heterocycles. The first-order valence-corrected chi connectivity index (χ1v) is 7.75. The van der Waals surface area contributed by atoms with Crippen molar-refractivity contribution in [2.75, 3.05) is 0 Å². The number of rotatable bonds is 3. The summed E-state index contributed by atoms with van der Waals surface area (Å²) in [5.41, 5.74) is 1.83. The van der Waals surface area contributed by atoms with E-state index in [-0.39, 0.29) is 0 Å². The van der Waals surface area contributed by atoms with Crippen LogP contribution in [0, 0.1) is 5.92 Å². The molecule has 3 rings (SSSR count). The Balaban J connectivity index is 2.00. The minimum atomic E-state index is 0.414. The molecule has 0 N–H and O–H groups in total. The van der Waals surface area contributed by atoms with Crippen LogP contribution in [0.3, 0.4) is 0 Å². The highest BCUT2D eigenvalue weighted by Crippen LogP contribution is 2.29. The molecule has 0 saturated heterocycles. The zero-order chi connectivity index (χ0) is 13.2. The highest BCUT2D eigenvalue weighted by atomic mass is 35.5. The molecule has 3 nitrogen and oxygen atoms in total. The van der Waals surface area contributed by atoms with Crippen LogP contribution in [0.25, 0.3) is 11.0 Å². The van der Waals surface area contributed by atoms with Crippen LogP contribution in [0.5, 0.6) is 0 Å². The number of aromatic nitrogens is 3. The van der Waals surface area contributed by atoms with Crippen molar-refractivity contribution in [1.29, 1.82) is 0 Å². The number of pyridine rings is 1. The zero-order valence-corrected chi connectivity index (χ0v) is 12.3. The largest absolute Gasteiger partial charge is 0.325 e. The van der Waals surface area contributed by atoms with Crippen LogP contribution in [-0.4, -0.2) is 14.5 Å². The molecule has 2 aromatic rings. The molecular formula is C14H17Cl2N3. The molecule has 102 valence electrons. The van der Waals surface area contributed by atoms with Crippen LogP contribution in [0.15, 0.2) is 12.4 Å². The number of hydrogen-bond donors (Lipinski definition) is 0. The van der Waals surface area contributed by atoms with E-state index < -0.39 is 0 Å². The predicted octanol–water partition coefficient (Wildman–Crippen LogP) is 4.40. The second-order valence-electron chi connectivity index (χ2n) is 5.27. The second-order valence-corrected chi connectivity index (χ2v) is 5.94. The van der Waals surface area contributed by atoms with E-state index in [1.54, 1.807) is 12.4 Å². The third-order valence-electron chi connectivity index (χ3n) is 3.97. The minimum Gasteiger partial charge on any atom is -0.325 e. The first-order chi connectivity index (χ1) is 9.29. The molecule has 19 heavy (non-hydrogen) atoms. The summed E-state index contributed by atoms with van der Waals surface area (Å²) in [5.74, 6) is 2.03. The third-order valence-corrected chi connectivity index (χ3v) is 4.49. The number of alkyl halides is 1. The lowest BCUT2D eigenvalue weighted by Gasteiger charge is -2.23. The first kappa shape index (κ1) is 13.2. The van der Waals surface area contributed by atoms with E-state index in [1.165, 1.54) is 32.1 Å². The van der Waals surface area contributed by atoms with Crippen molar-refractivity contribution < 1.29 is 0 Å². The standard InChI is InChI=1S/C14H17Cl2N3/c15-6-13-18-12-8-17-7-11(16)14(12)19(13)9-10-4-2-1-3-5-10/h7-8,10H,1-6,9H2. The molecule has 0 aromatic carbocycles. The molecule has 0 atom stereocenters. The summed E-state index contributed by atoms with van der Waals surface area (Å²) in [4.78, 5) is 8.64. The average Bonchev–Trinajstić information content (AvgIpc) is 2.79. The summed E-state index contributed by atoms with van der Waals surface area (Å²) >= 11 is 12.3. The minimum absolute atomic E-state index is 0.414. The summed E-state index contributed by atoms with van der Waals surface area (Å²) < 4.78 is 2.20. The van der Waals surface area contributed by atoms with Gasteiger partial charge >= 0.3 is 0 Å². The van der Waals surface area contributed by atoms with Gasteiger partial charge in [0, 0.05) is 12.7 Å². The summed E-state index contributed by atoms with van der Waals surface area (Å²) in [6.45, 7) is 0.974. The van der Waals surface area contributed by atoms with Crippen LogP contribution >= 0.6 is 23.2 Å². The molecule has 0 bridgehead atoms. The molecule has 1 saturated carbocycles. The Bertz CT molecular complexity index is 573. The Morgan fingerprint density at radius 2 is 2.00 bits per heavy atom. The molecule has 1 fully saturated rings. The van der Waals surface area contributed by atoms with E-state index in [2.05, 4.69) is 14.5 Å². The number of fused-ring (bicyclic) bond motifs is 1. The van der Waals surface area contributed by atoms with Gasteiger partial charge in [0.05, 0.1) is 22.6 Å². The van der Waals surface area contributed by atoms with Gasteiger partial charge in [-0.05, 0) is 18.8 Å². The fourth-order valence-corrected chi connectivity index (χ4v) is 3.48. The van der Waals surface area contributed by atoms with Crippen LogP contribution < -0.4 is 0 Å². The van der Waals surface area contributed by atoms with E-state index in [0.29, 0.717) is 10.9 Å². The van der Waals surface area contributed by atoms with Crippen LogP contribution in [0.1, 0.15) is 37.9 Å². The topological polar surface area (TPSA) is 30.7 Å². The molecule has 1 aliphatic carbocycles. The fraction of sp³-hybridized carbons (Fsp3) is 0.571. The Labute approximate surface area is 122 Å². The molecule has 0 spiro atoms. The Morgan fingerprint density at radius 1 is 1.21 bits per heavy atom. The molecule has 0 radical (unpaired) electrons. The van der Waals surface area contributed by atoms with E-state index in [0.717, 1.165) is 29.3 Å². The Hall–Kier alpha value is -0.800. The van der Waals surface area contributed by atoms with E-state index in [9.17, 15) is 0 Å². The lowest BCUT2D eigenvalue weighted by molar-refractivity contribution is 0.320. The maximum Gasteiger partial charge on any atom is 0.124 e. The fourth-order valence-electron chi connectivity index (χ4n) is 3.02.